The molecule has 22 heavy (non-hydrogen) atoms. The molecule has 0 unspecified atom stereocenters. The molecule has 0 saturated carbocycles. The van der Waals surface area contributed by atoms with Crippen LogP contribution in [-0.2, 0) is 0 Å². The molecule has 2 nitrogen and oxygen atoms in total. The Morgan fingerprint density at radius 3 is 2.55 bits per heavy atom. The van der Waals surface area contributed by atoms with Crippen LogP contribution in [0.4, 0.5) is 0 Å². The molecule has 0 radical (unpaired) electrons. The van der Waals surface area contributed by atoms with Crippen LogP contribution in [0.25, 0.3) is 21.9 Å². The summed E-state index contributed by atoms with van der Waals surface area (Å²) in [6.45, 7) is 6.27. The van der Waals surface area contributed by atoms with Gasteiger partial charge >= 0.3 is 0 Å². The summed E-state index contributed by atoms with van der Waals surface area (Å²) in [6.07, 6.45) is 1.94. The molecule has 108 valence electrons. The van der Waals surface area contributed by atoms with Gasteiger partial charge in [-0.15, -0.1) is 11.3 Å². The largest absolute Gasteiger partial charge is 0.235 e. The third kappa shape index (κ3) is 2.66. The number of hydrogen-bond acceptors (Lipinski definition) is 3. The molecule has 0 bridgehead atoms. The molecule has 0 spiro atoms. The number of para-hydroxylation sites is 1. The zero-order chi connectivity index (χ0) is 15.7. The van der Waals surface area contributed by atoms with Crippen molar-refractivity contribution in [2.75, 3.05) is 0 Å². The summed E-state index contributed by atoms with van der Waals surface area (Å²) in [5.74, 6) is 0. The molecule has 0 fully saturated rings. The van der Waals surface area contributed by atoms with E-state index in [4.69, 9.17) is 0 Å². The summed E-state index contributed by atoms with van der Waals surface area (Å²) in [4.78, 5) is 4.58. The van der Waals surface area contributed by atoms with Crippen molar-refractivity contribution in [3.05, 3.63) is 63.7 Å². The lowest BCUT2D eigenvalue weighted by molar-refractivity contribution is 1.29. The summed E-state index contributed by atoms with van der Waals surface area (Å²) in [6, 6.07) is 14.6. The quantitative estimate of drug-likeness (QED) is 0.603. The smallest absolute Gasteiger partial charge is 0.135 e. The zero-order valence-electron chi connectivity index (χ0n) is 12.8. The van der Waals surface area contributed by atoms with Gasteiger partial charge in [0.25, 0.3) is 0 Å². The molecule has 3 aromatic rings. The van der Waals surface area contributed by atoms with Crippen LogP contribution < -0.4 is 0 Å². The molecule has 3 heteroatoms. The number of nitrogens with zero attached hydrogens (tertiary/aromatic N) is 2. The van der Waals surface area contributed by atoms with Crippen LogP contribution in [0.5, 0.6) is 0 Å². The molecular formula is C19H16N2S. The Labute approximate surface area is 134 Å². The van der Waals surface area contributed by atoms with Gasteiger partial charge in [-0.25, -0.2) is 4.98 Å². The molecule has 0 saturated heterocycles. The molecule has 0 aliphatic carbocycles. The normalized spacial score (nSPS) is 11.6. The van der Waals surface area contributed by atoms with Crippen molar-refractivity contribution >= 4 is 33.2 Å². The van der Waals surface area contributed by atoms with Crippen LogP contribution >= 0.6 is 11.3 Å². The highest BCUT2D eigenvalue weighted by molar-refractivity contribution is 7.19. The van der Waals surface area contributed by atoms with Gasteiger partial charge in [0.1, 0.15) is 11.1 Å². The van der Waals surface area contributed by atoms with Gasteiger partial charge in [-0.1, -0.05) is 24.3 Å². The van der Waals surface area contributed by atoms with Crippen molar-refractivity contribution in [2.24, 2.45) is 0 Å². The second-order valence-electron chi connectivity index (χ2n) is 5.45. The Balaban J connectivity index is 2.11. The fourth-order valence-electron chi connectivity index (χ4n) is 2.42. The number of fused-ring (bicyclic) bond motifs is 1. The first kappa shape index (κ1) is 14.5. The Kier molecular flexibility index (Phi) is 3.79. The molecule has 2 aromatic carbocycles. The van der Waals surface area contributed by atoms with Crippen LogP contribution in [0.1, 0.15) is 27.3 Å². The van der Waals surface area contributed by atoms with E-state index in [1.165, 1.54) is 16.7 Å². The van der Waals surface area contributed by atoms with E-state index >= 15 is 0 Å². The third-order valence-corrected chi connectivity index (χ3v) is 4.90. The number of nitriles is 1. The predicted molar refractivity (Wildman–Crippen MR) is 93.8 cm³/mol. The second kappa shape index (κ2) is 5.75. The van der Waals surface area contributed by atoms with Crippen LogP contribution in [0.2, 0.25) is 0 Å². The topological polar surface area (TPSA) is 36.7 Å². The first-order chi connectivity index (χ1) is 10.6. The van der Waals surface area contributed by atoms with Crippen molar-refractivity contribution in [1.82, 2.24) is 4.98 Å². The standard InChI is InChI=1S/C19H16N2S/c1-12-8-14(3)15(9-13(12)2)10-16(11-20)19-21-17-6-4-5-7-18(17)22-19/h4-10H,1-3H3/b16-10+. The van der Waals surface area contributed by atoms with Crippen molar-refractivity contribution in [2.45, 2.75) is 20.8 Å². The second-order valence-corrected chi connectivity index (χ2v) is 6.48. The van der Waals surface area contributed by atoms with Gasteiger partial charge in [0.15, 0.2) is 0 Å². The lowest BCUT2D eigenvalue weighted by Crippen LogP contribution is -1.89. The number of aryl methyl sites for hydroxylation is 3. The zero-order valence-corrected chi connectivity index (χ0v) is 13.7. The van der Waals surface area contributed by atoms with Crippen molar-refractivity contribution in [3.63, 3.8) is 0 Å². The van der Waals surface area contributed by atoms with Gasteiger partial charge in [0.2, 0.25) is 0 Å². The Hall–Kier alpha value is -2.44. The highest BCUT2D eigenvalue weighted by atomic mass is 32.1. The van der Waals surface area contributed by atoms with Crippen molar-refractivity contribution < 1.29 is 0 Å². The van der Waals surface area contributed by atoms with E-state index < -0.39 is 0 Å². The summed E-state index contributed by atoms with van der Waals surface area (Å²) >= 11 is 1.56. The summed E-state index contributed by atoms with van der Waals surface area (Å²) in [5.41, 5.74) is 6.33. The molecule has 0 aliphatic rings. The van der Waals surface area contributed by atoms with Crippen molar-refractivity contribution in [1.29, 1.82) is 5.26 Å². The molecule has 1 aromatic heterocycles. The molecule has 0 atom stereocenters. The highest BCUT2D eigenvalue weighted by Crippen LogP contribution is 2.29. The number of aromatic nitrogens is 1. The first-order valence-corrected chi connectivity index (χ1v) is 7.95. The van der Waals surface area contributed by atoms with Gasteiger partial charge < -0.3 is 0 Å². The molecular weight excluding hydrogens is 288 g/mol. The van der Waals surface area contributed by atoms with E-state index in [-0.39, 0.29) is 0 Å². The summed E-state index contributed by atoms with van der Waals surface area (Å²) in [5, 5.41) is 10.3. The summed E-state index contributed by atoms with van der Waals surface area (Å²) < 4.78 is 1.11. The van der Waals surface area contributed by atoms with E-state index in [0.717, 1.165) is 20.8 Å². The van der Waals surface area contributed by atoms with Crippen molar-refractivity contribution in [3.8, 4) is 6.07 Å². The van der Waals surface area contributed by atoms with Crippen LogP contribution in [0.15, 0.2) is 36.4 Å². The minimum absolute atomic E-state index is 0.618. The molecule has 0 N–H and O–H groups in total. The van der Waals surface area contributed by atoms with Crippen LogP contribution in [0.3, 0.4) is 0 Å². The predicted octanol–water partition coefficient (Wildman–Crippen LogP) is 5.29. The van der Waals surface area contributed by atoms with Gasteiger partial charge in [0.05, 0.1) is 15.8 Å². The Bertz CT molecular complexity index is 893. The minimum Gasteiger partial charge on any atom is -0.235 e. The molecule has 0 aliphatic heterocycles. The van der Waals surface area contributed by atoms with Crippen LogP contribution in [0, 0.1) is 32.1 Å². The van der Waals surface area contributed by atoms with Gasteiger partial charge in [-0.2, -0.15) is 5.26 Å². The third-order valence-electron chi connectivity index (χ3n) is 3.83. The SMILES string of the molecule is Cc1cc(C)c(/C=C(\C#N)c2nc3ccccc3s2)cc1C. The van der Waals surface area contributed by atoms with Gasteiger partial charge in [-0.3, -0.25) is 0 Å². The average molecular weight is 304 g/mol. The molecule has 0 amide bonds. The number of hydrogen-bond donors (Lipinski definition) is 0. The van der Waals surface area contributed by atoms with E-state index in [1.54, 1.807) is 11.3 Å². The lowest BCUT2D eigenvalue weighted by atomic mass is 9.99. The number of rotatable bonds is 2. The van der Waals surface area contributed by atoms with Crippen LogP contribution in [-0.4, -0.2) is 4.98 Å². The molecule has 3 rings (SSSR count). The monoisotopic (exact) mass is 304 g/mol. The fourth-order valence-corrected chi connectivity index (χ4v) is 3.35. The average Bonchev–Trinajstić information content (AvgIpc) is 2.93. The Morgan fingerprint density at radius 1 is 1.09 bits per heavy atom. The van der Waals surface area contributed by atoms with E-state index in [2.05, 4.69) is 44.0 Å². The maximum Gasteiger partial charge on any atom is 0.135 e. The first-order valence-electron chi connectivity index (χ1n) is 7.14. The maximum atomic E-state index is 9.53. The van der Waals surface area contributed by atoms with E-state index in [1.807, 2.05) is 30.3 Å². The molecule has 1 heterocycles. The fraction of sp³-hybridized carbons (Fsp3) is 0.158. The Morgan fingerprint density at radius 2 is 1.82 bits per heavy atom. The lowest BCUT2D eigenvalue weighted by Gasteiger charge is -2.06. The minimum atomic E-state index is 0.618. The van der Waals surface area contributed by atoms with E-state index in [0.29, 0.717) is 5.57 Å². The maximum absolute atomic E-state index is 9.53. The summed E-state index contributed by atoms with van der Waals surface area (Å²) in [7, 11) is 0. The number of thiazole rings is 1. The van der Waals surface area contributed by atoms with Gasteiger partial charge in [-0.05, 0) is 61.2 Å². The highest BCUT2D eigenvalue weighted by Gasteiger charge is 2.09. The number of benzene rings is 2. The van der Waals surface area contributed by atoms with E-state index in [9.17, 15) is 5.26 Å². The number of allylic oxidation sites excluding steroid dienone is 1. The van der Waals surface area contributed by atoms with Gasteiger partial charge in [0, 0.05) is 0 Å².